The van der Waals surface area contributed by atoms with E-state index in [9.17, 15) is 9.59 Å². The molecule has 0 atom stereocenters. The SMILES string of the molecule is CC(C)N(CC1CC1)C(=O)C(=O)NCC(N)=S. The molecule has 1 aliphatic carbocycles. The lowest BCUT2D eigenvalue weighted by Gasteiger charge is -2.26. The van der Waals surface area contributed by atoms with Crippen molar-refractivity contribution in [3.8, 4) is 0 Å². The maximum Gasteiger partial charge on any atom is 0.312 e. The van der Waals surface area contributed by atoms with Gasteiger partial charge in [0.2, 0.25) is 0 Å². The fourth-order valence-corrected chi connectivity index (χ4v) is 1.55. The van der Waals surface area contributed by atoms with E-state index in [4.69, 9.17) is 5.73 Å². The Morgan fingerprint density at radius 2 is 2.06 bits per heavy atom. The lowest BCUT2D eigenvalue weighted by molar-refractivity contribution is -0.147. The molecule has 5 nitrogen and oxygen atoms in total. The Morgan fingerprint density at radius 3 is 2.47 bits per heavy atom. The van der Waals surface area contributed by atoms with Crippen molar-refractivity contribution < 1.29 is 9.59 Å². The van der Waals surface area contributed by atoms with Crippen LogP contribution in [0.2, 0.25) is 0 Å². The number of carbonyl (C=O) groups is 2. The first-order chi connectivity index (χ1) is 7.91. The van der Waals surface area contributed by atoms with E-state index in [1.807, 2.05) is 13.8 Å². The first-order valence-electron chi connectivity index (χ1n) is 5.79. The van der Waals surface area contributed by atoms with Gasteiger partial charge in [-0.1, -0.05) is 12.2 Å². The summed E-state index contributed by atoms with van der Waals surface area (Å²) in [7, 11) is 0. The van der Waals surface area contributed by atoms with E-state index in [1.54, 1.807) is 4.90 Å². The van der Waals surface area contributed by atoms with Crippen molar-refractivity contribution in [2.24, 2.45) is 11.7 Å². The van der Waals surface area contributed by atoms with Crippen molar-refractivity contribution in [2.45, 2.75) is 32.7 Å². The predicted molar refractivity (Wildman–Crippen MR) is 69.4 cm³/mol. The number of hydrogen-bond donors (Lipinski definition) is 2. The summed E-state index contributed by atoms with van der Waals surface area (Å²) in [5, 5.41) is 2.41. The molecular weight excluding hydrogens is 238 g/mol. The highest BCUT2D eigenvalue weighted by molar-refractivity contribution is 7.80. The summed E-state index contributed by atoms with van der Waals surface area (Å²) < 4.78 is 0. The van der Waals surface area contributed by atoms with E-state index in [0.717, 1.165) is 12.8 Å². The predicted octanol–water partition coefficient (Wildman–Crippen LogP) is 0.0357. The average molecular weight is 257 g/mol. The van der Waals surface area contributed by atoms with E-state index >= 15 is 0 Å². The van der Waals surface area contributed by atoms with Gasteiger partial charge in [0.1, 0.15) is 0 Å². The van der Waals surface area contributed by atoms with Crippen LogP contribution in [0.3, 0.4) is 0 Å². The molecule has 0 aromatic heterocycles. The van der Waals surface area contributed by atoms with Crippen LogP contribution in [-0.2, 0) is 9.59 Å². The lowest BCUT2D eigenvalue weighted by Crippen LogP contribution is -2.48. The third kappa shape index (κ3) is 4.68. The maximum atomic E-state index is 11.9. The van der Waals surface area contributed by atoms with E-state index in [-0.39, 0.29) is 17.6 Å². The van der Waals surface area contributed by atoms with Crippen LogP contribution in [0.15, 0.2) is 0 Å². The number of thiocarbonyl (C=S) groups is 1. The van der Waals surface area contributed by atoms with Crippen LogP contribution in [-0.4, -0.2) is 40.8 Å². The molecule has 0 unspecified atom stereocenters. The third-order valence-electron chi connectivity index (χ3n) is 2.65. The van der Waals surface area contributed by atoms with E-state index in [1.165, 1.54) is 0 Å². The number of amides is 2. The topological polar surface area (TPSA) is 75.4 Å². The summed E-state index contributed by atoms with van der Waals surface area (Å²) in [6.45, 7) is 4.54. The Hall–Kier alpha value is -1.17. The lowest BCUT2D eigenvalue weighted by atomic mass is 10.2. The van der Waals surface area contributed by atoms with Crippen LogP contribution in [0.5, 0.6) is 0 Å². The van der Waals surface area contributed by atoms with Crippen molar-refractivity contribution >= 4 is 29.0 Å². The Labute approximate surface area is 107 Å². The van der Waals surface area contributed by atoms with Gasteiger partial charge in [0.25, 0.3) is 0 Å². The smallest absolute Gasteiger partial charge is 0.312 e. The number of carbonyl (C=O) groups excluding carboxylic acids is 2. The largest absolute Gasteiger partial charge is 0.392 e. The molecule has 1 rings (SSSR count). The molecule has 0 aromatic rings. The molecular formula is C11H19N3O2S. The minimum atomic E-state index is -0.632. The second kappa shape index (κ2) is 5.95. The number of nitrogens with two attached hydrogens (primary N) is 1. The zero-order valence-corrected chi connectivity index (χ0v) is 11.0. The second-order valence-corrected chi connectivity index (χ2v) is 5.17. The van der Waals surface area contributed by atoms with Gasteiger partial charge in [0, 0.05) is 12.6 Å². The fraction of sp³-hybridized carbons (Fsp3) is 0.727. The zero-order valence-electron chi connectivity index (χ0n) is 10.2. The van der Waals surface area contributed by atoms with Gasteiger partial charge in [0.05, 0.1) is 11.5 Å². The summed E-state index contributed by atoms with van der Waals surface area (Å²) in [5.41, 5.74) is 5.26. The molecule has 2 amide bonds. The van der Waals surface area contributed by atoms with Gasteiger partial charge >= 0.3 is 11.8 Å². The first-order valence-corrected chi connectivity index (χ1v) is 6.19. The molecule has 0 aromatic carbocycles. The second-order valence-electron chi connectivity index (χ2n) is 4.64. The highest BCUT2D eigenvalue weighted by atomic mass is 32.1. The number of hydrogen-bond acceptors (Lipinski definition) is 3. The van der Waals surface area contributed by atoms with E-state index in [2.05, 4.69) is 17.5 Å². The molecule has 6 heteroatoms. The van der Waals surface area contributed by atoms with E-state index in [0.29, 0.717) is 12.5 Å². The van der Waals surface area contributed by atoms with E-state index < -0.39 is 11.8 Å². The molecule has 1 fully saturated rings. The van der Waals surface area contributed by atoms with Crippen LogP contribution in [0.25, 0.3) is 0 Å². The monoisotopic (exact) mass is 257 g/mol. The molecule has 0 spiro atoms. The van der Waals surface area contributed by atoms with Crippen LogP contribution >= 0.6 is 12.2 Å². The summed E-state index contributed by atoms with van der Waals surface area (Å²) in [6.07, 6.45) is 2.29. The number of nitrogens with one attached hydrogen (secondary N) is 1. The van der Waals surface area contributed by atoms with Gasteiger partial charge in [-0.3, -0.25) is 9.59 Å². The number of rotatable bonds is 5. The summed E-state index contributed by atoms with van der Waals surface area (Å²) in [5.74, 6) is -0.569. The molecule has 3 N–H and O–H groups in total. The number of nitrogens with zero attached hydrogens (tertiary/aromatic N) is 1. The molecule has 17 heavy (non-hydrogen) atoms. The van der Waals surface area contributed by atoms with Gasteiger partial charge in [-0.15, -0.1) is 0 Å². The fourth-order valence-electron chi connectivity index (χ4n) is 1.48. The molecule has 0 radical (unpaired) electrons. The maximum absolute atomic E-state index is 11.9. The Bertz CT molecular complexity index is 327. The molecule has 96 valence electrons. The summed E-state index contributed by atoms with van der Waals surface area (Å²) >= 11 is 4.64. The van der Waals surface area contributed by atoms with Crippen LogP contribution in [0.1, 0.15) is 26.7 Å². The van der Waals surface area contributed by atoms with Crippen LogP contribution < -0.4 is 11.1 Å². The molecule has 0 aliphatic heterocycles. The average Bonchev–Trinajstić information content (AvgIpc) is 3.04. The van der Waals surface area contributed by atoms with Crippen molar-refractivity contribution in [1.82, 2.24) is 10.2 Å². The van der Waals surface area contributed by atoms with Crippen molar-refractivity contribution in [2.75, 3.05) is 13.1 Å². The summed E-state index contributed by atoms with van der Waals surface area (Å²) in [4.78, 5) is 25.2. The Balaban J connectivity index is 2.50. The normalized spacial score (nSPS) is 14.5. The highest BCUT2D eigenvalue weighted by Crippen LogP contribution is 2.30. The van der Waals surface area contributed by atoms with Crippen molar-refractivity contribution in [3.63, 3.8) is 0 Å². The van der Waals surface area contributed by atoms with Gasteiger partial charge in [-0.05, 0) is 32.6 Å². The minimum Gasteiger partial charge on any atom is -0.392 e. The first kappa shape index (κ1) is 13.9. The van der Waals surface area contributed by atoms with Gasteiger partial charge in [-0.2, -0.15) is 0 Å². The molecule has 1 saturated carbocycles. The Kier molecular flexibility index (Phi) is 4.86. The van der Waals surface area contributed by atoms with Crippen LogP contribution in [0.4, 0.5) is 0 Å². The standard InChI is InChI=1S/C11H19N3O2S/c1-7(2)14(6-8-3-4-8)11(16)10(15)13-5-9(12)17/h7-8H,3-6H2,1-2H3,(H2,12,17)(H,13,15). The molecule has 0 heterocycles. The van der Waals surface area contributed by atoms with Crippen molar-refractivity contribution in [1.29, 1.82) is 0 Å². The van der Waals surface area contributed by atoms with Gasteiger partial charge < -0.3 is 16.0 Å². The molecule has 0 bridgehead atoms. The minimum absolute atomic E-state index is 0.0266. The summed E-state index contributed by atoms with van der Waals surface area (Å²) in [6, 6.07) is 0.0266. The van der Waals surface area contributed by atoms with Gasteiger partial charge in [-0.25, -0.2) is 0 Å². The molecule has 1 aliphatic rings. The third-order valence-corrected chi connectivity index (χ3v) is 2.80. The molecule has 0 saturated heterocycles. The highest BCUT2D eigenvalue weighted by Gasteiger charge is 2.30. The van der Waals surface area contributed by atoms with Crippen LogP contribution in [0, 0.1) is 5.92 Å². The van der Waals surface area contributed by atoms with Gasteiger partial charge in [0.15, 0.2) is 0 Å². The Morgan fingerprint density at radius 1 is 1.47 bits per heavy atom. The quantitative estimate of drug-likeness (QED) is 0.538. The van der Waals surface area contributed by atoms with Crippen molar-refractivity contribution in [3.05, 3.63) is 0 Å². The zero-order chi connectivity index (χ0) is 13.0.